The van der Waals surface area contributed by atoms with Gasteiger partial charge in [-0.1, -0.05) is 36.5 Å². The van der Waals surface area contributed by atoms with Crippen molar-refractivity contribution in [3.8, 4) is 0 Å². The van der Waals surface area contributed by atoms with Gasteiger partial charge in [0.2, 0.25) is 0 Å². The van der Waals surface area contributed by atoms with Crippen molar-refractivity contribution in [2.75, 3.05) is 26.2 Å². The van der Waals surface area contributed by atoms with Gasteiger partial charge in [0.15, 0.2) is 0 Å². The first kappa shape index (κ1) is 14.1. The lowest BCUT2D eigenvalue weighted by Crippen LogP contribution is -2.45. The highest BCUT2D eigenvalue weighted by Gasteiger charge is 2.23. The molecule has 0 unspecified atom stereocenters. The van der Waals surface area contributed by atoms with E-state index in [-0.39, 0.29) is 0 Å². The molecule has 1 aliphatic rings. The van der Waals surface area contributed by atoms with Gasteiger partial charge in [-0.15, -0.1) is 0 Å². The lowest BCUT2D eigenvalue weighted by Gasteiger charge is -2.35. The summed E-state index contributed by atoms with van der Waals surface area (Å²) in [5.74, 6) is 0. The van der Waals surface area contributed by atoms with Crippen LogP contribution in [0.15, 0.2) is 18.2 Å². The van der Waals surface area contributed by atoms with Gasteiger partial charge in [-0.3, -0.25) is 4.90 Å². The van der Waals surface area contributed by atoms with Crippen molar-refractivity contribution in [3.05, 3.63) is 33.8 Å². The first-order valence-electron chi connectivity index (χ1n) is 6.62. The normalized spacial score (nSPS) is 18.8. The van der Waals surface area contributed by atoms with Crippen molar-refractivity contribution < 1.29 is 0 Å². The van der Waals surface area contributed by atoms with Crippen molar-refractivity contribution in [1.82, 2.24) is 10.2 Å². The van der Waals surface area contributed by atoms with Crippen LogP contribution < -0.4 is 5.32 Å². The Morgan fingerprint density at radius 1 is 1.28 bits per heavy atom. The average Bonchev–Trinajstić information content (AvgIpc) is 2.40. The van der Waals surface area contributed by atoms with Crippen LogP contribution in [-0.2, 0) is 0 Å². The minimum Gasteiger partial charge on any atom is -0.314 e. The van der Waals surface area contributed by atoms with Crippen LogP contribution in [0.5, 0.6) is 0 Å². The molecular weight excluding hydrogens is 267 g/mol. The van der Waals surface area contributed by atoms with E-state index in [1.807, 2.05) is 18.2 Å². The number of halogens is 2. The Bertz CT molecular complexity index is 389. The molecule has 100 valence electrons. The minimum absolute atomic E-state index is 0.392. The summed E-state index contributed by atoms with van der Waals surface area (Å²) >= 11 is 12.5. The summed E-state index contributed by atoms with van der Waals surface area (Å²) in [6.07, 6.45) is 2.28. The first-order chi connectivity index (χ1) is 8.72. The topological polar surface area (TPSA) is 15.3 Å². The molecule has 0 radical (unpaired) electrons. The molecule has 4 heteroatoms. The predicted molar refractivity (Wildman–Crippen MR) is 78.6 cm³/mol. The van der Waals surface area contributed by atoms with Gasteiger partial charge in [0.05, 0.1) is 0 Å². The van der Waals surface area contributed by atoms with Gasteiger partial charge >= 0.3 is 0 Å². The SMILES string of the molecule is CCC[C@@H](c1cc(Cl)ccc1Cl)N1CCNCC1. The summed E-state index contributed by atoms with van der Waals surface area (Å²) in [5, 5.41) is 4.99. The van der Waals surface area contributed by atoms with Crippen LogP contribution in [0.1, 0.15) is 31.4 Å². The summed E-state index contributed by atoms with van der Waals surface area (Å²) < 4.78 is 0. The van der Waals surface area contributed by atoms with Crippen molar-refractivity contribution in [1.29, 1.82) is 0 Å². The van der Waals surface area contributed by atoms with Crippen LogP contribution in [0.3, 0.4) is 0 Å². The second-order valence-electron chi connectivity index (χ2n) is 4.76. The minimum atomic E-state index is 0.392. The van der Waals surface area contributed by atoms with Gasteiger partial charge < -0.3 is 5.32 Å². The molecule has 0 aromatic heterocycles. The molecule has 0 saturated carbocycles. The number of hydrogen-bond donors (Lipinski definition) is 1. The molecule has 1 aromatic carbocycles. The van der Waals surface area contributed by atoms with E-state index in [0.717, 1.165) is 49.1 Å². The molecule has 0 aliphatic carbocycles. The standard InChI is InChI=1S/C14H20Cl2N2/c1-2-3-14(18-8-6-17-7-9-18)12-10-11(15)4-5-13(12)16/h4-5,10,14,17H,2-3,6-9H2,1H3/t14-/m0/s1. The quantitative estimate of drug-likeness (QED) is 0.907. The van der Waals surface area contributed by atoms with Crippen molar-refractivity contribution in [2.45, 2.75) is 25.8 Å². The molecule has 18 heavy (non-hydrogen) atoms. The molecule has 2 rings (SSSR count). The maximum Gasteiger partial charge on any atom is 0.0454 e. The highest BCUT2D eigenvalue weighted by molar-refractivity contribution is 6.33. The van der Waals surface area contributed by atoms with Crippen LogP contribution in [0.4, 0.5) is 0 Å². The Balaban J connectivity index is 2.24. The summed E-state index contributed by atoms with van der Waals surface area (Å²) in [4.78, 5) is 2.51. The molecule has 1 N–H and O–H groups in total. The molecule has 0 bridgehead atoms. The van der Waals surface area contributed by atoms with E-state index in [9.17, 15) is 0 Å². The maximum absolute atomic E-state index is 6.34. The lowest BCUT2D eigenvalue weighted by molar-refractivity contribution is 0.164. The third-order valence-corrected chi connectivity index (χ3v) is 4.05. The maximum atomic E-state index is 6.34. The fourth-order valence-corrected chi connectivity index (χ4v) is 3.00. The van der Waals surface area contributed by atoms with Crippen molar-refractivity contribution in [3.63, 3.8) is 0 Å². The van der Waals surface area contributed by atoms with Crippen LogP contribution in [0.25, 0.3) is 0 Å². The fraction of sp³-hybridized carbons (Fsp3) is 0.571. The van der Waals surface area contributed by atoms with Gasteiger partial charge in [-0.25, -0.2) is 0 Å². The van der Waals surface area contributed by atoms with Crippen molar-refractivity contribution >= 4 is 23.2 Å². The zero-order chi connectivity index (χ0) is 13.0. The van der Waals surface area contributed by atoms with Gasteiger partial charge in [-0.05, 0) is 30.2 Å². The van der Waals surface area contributed by atoms with Crippen LogP contribution >= 0.6 is 23.2 Å². The number of hydrogen-bond acceptors (Lipinski definition) is 2. The molecule has 0 amide bonds. The van der Waals surface area contributed by atoms with Crippen LogP contribution in [-0.4, -0.2) is 31.1 Å². The smallest absolute Gasteiger partial charge is 0.0454 e. The summed E-state index contributed by atoms with van der Waals surface area (Å²) in [6, 6.07) is 6.17. The number of rotatable bonds is 4. The predicted octanol–water partition coefficient (Wildman–Crippen LogP) is 3.74. The largest absolute Gasteiger partial charge is 0.314 e. The molecule has 2 nitrogen and oxygen atoms in total. The zero-order valence-electron chi connectivity index (χ0n) is 10.8. The molecule has 1 saturated heterocycles. The van der Waals surface area contributed by atoms with Gasteiger partial charge in [-0.2, -0.15) is 0 Å². The molecule has 1 atom stereocenters. The van der Waals surface area contributed by atoms with E-state index in [1.165, 1.54) is 5.56 Å². The fourth-order valence-electron chi connectivity index (χ4n) is 2.57. The molecule has 1 fully saturated rings. The molecular formula is C14H20Cl2N2. The monoisotopic (exact) mass is 286 g/mol. The molecule has 1 heterocycles. The molecule has 0 spiro atoms. The highest BCUT2D eigenvalue weighted by atomic mass is 35.5. The first-order valence-corrected chi connectivity index (χ1v) is 7.37. The Morgan fingerprint density at radius 3 is 2.67 bits per heavy atom. The second-order valence-corrected chi connectivity index (χ2v) is 5.60. The number of nitrogens with zero attached hydrogens (tertiary/aromatic N) is 1. The Hall–Kier alpha value is -0.280. The van der Waals surface area contributed by atoms with Gasteiger partial charge in [0.25, 0.3) is 0 Å². The van der Waals surface area contributed by atoms with Gasteiger partial charge in [0, 0.05) is 42.3 Å². The highest BCUT2D eigenvalue weighted by Crippen LogP contribution is 2.33. The molecule has 1 aliphatic heterocycles. The third kappa shape index (κ3) is 3.39. The van der Waals surface area contributed by atoms with Crippen LogP contribution in [0, 0.1) is 0 Å². The van der Waals surface area contributed by atoms with E-state index < -0.39 is 0 Å². The van der Waals surface area contributed by atoms with E-state index in [1.54, 1.807) is 0 Å². The Morgan fingerprint density at radius 2 is 2.00 bits per heavy atom. The lowest BCUT2D eigenvalue weighted by atomic mass is 10.00. The zero-order valence-corrected chi connectivity index (χ0v) is 12.3. The Kier molecular flexibility index (Phi) is 5.31. The number of nitrogens with one attached hydrogen (secondary N) is 1. The van der Waals surface area contributed by atoms with E-state index in [4.69, 9.17) is 23.2 Å². The van der Waals surface area contributed by atoms with E-state index in [0.29, 0.717) is 6.04 Å². The van der Waals surface area contributed by atoms with Gasteiger partial charge in [0.1, 0.15) is 0 Å². The Labute approximate surface area is 119 Å². The third-order valence-electron chi connectivity index (χ3n) is 3.47. The molecule has 1 aromatic rings. The average molecular weight is 287 g/mol. The number of benzene rings is 1. The van der Waals surface area contributed by atoms with E-state index >= 15 is 0 Å². The van der Waals surface area contributed by atoms with E-state index in [2.05, 4.69) is 17.1 Å². The summed E-state index contributed by atoms with van der Waals surface area (Å²) in [7, 11) is 0. The second kappa shape index (κ2) is 6.76. The van der Waals surface area contributed by atoms with Crippen LogP contribution in [0.2, 0.25) is 10.0 Å². The van der Waals surface area contributed by atoms with Crippen molar-refractivity contribution in [2.24, 2.45) is 0 Å². The number of piperazine rings is 1. The summed E-state index contributed by atoms with van der Waals surface area (Å²) in [5.41, 5.74) is 1.17. The summed E-state index contributed by atoms with van der Waals surface area (Å²) in [6.45, 7) is 6.48.